The number of anilines is 1. The van der Waals surface area contributed by atoms with Gasteiger partial charge in [0, 0.05) is 21.1 Å². The molecule has 30 heavy (non-hydrogen) atoms. The molecule has 1 N–H and O–H groups in total. The average Bonchev–Trinajstić information content (AvgIpc) is 3.00. The number of rotatable bonds is 4. The molecule has 0 unspecified atom stereocenters. The van der Waals surface area contributed by atoms with E-state index in [1.165, 1.54) is 0 Å². The number of benzene rings is 3. The second-order valence-corrected chi connectivity index (χ2v) is 8.50. The Kier molecular flexibility index (Phi) is 5.79. The smallest absolute Gasteiger partial charge is 0.260 e. The van der Waals surface area contributed by atoms with Crippen molar-refractivity contribution in [2.75, 3.05) is 4.90 Å². The summed E-state index contributed by atoms with van der Waals surface area (Å²) in [6.07, 6.45) is 0. The van der Waals surface area contributed by atoms with Crippen LogP contribution < -0.4 is 4.90 Å². The van der Waals surface area contributed by atoms with Crippen molar-refractivity contribution >= 4 is 57.3 Å². The fourth-order valence-corrected chi connectivity index (χ4v) is 4.29. The van der Waals surface area contributed by atoms with Gasteiger partial charge in [-0.25, -0.2) is 0 Å². The molecular weight excluding hydrogens is 439 g/mol. The van der Waals surface area contributed by atoms with Crippen molar-refractivity contribution in [3.05, 3.63) is 98.1 Å². The number of carbonyl (C=O) groups is 1. The third-order valence-electron chi connectivity index (χ3n) is 5.25. The van der Waals surface area contributed by atoms with E-state index in [0.29, 0.717) is 27.2 Å². The summed E-state index contributed by atoms with van der Waals surface area (Å²) < 4.78 is 0. The molecule has 0 saturated heterocycles. The zero-order chi connectivity index (χ0) is 21.4. The van der Waals surface area contributed by atoms with Crippen molar-refractivity contribution in [3.8, 4) is 0 Å². The van der Waals surface area contributed by atoms with Gasteiger partial charge in [0.05, 0.1) is 28.3 Å². The summed E-state index contributed by atoms with van der Waals surface area (Å²) in [5.41, 5.74) is 5.22. The topological polar surface area (TPSA) is 36.1 Å². The molecule has 0 saturated carbocycles. The summed E-state index contributed by atoms with van der Waals surface area (Å²) >= 11 is 18.6. The number of amides is 1. The molecule has 152 valence electrons. The number of aromatic amines is 1. The van der Waals surface area contributed by atoms with Gasteiger partial charge in [0.15, 0.2) is 0 Å². The van der Waals surface area contributed by atoms with Gasteiger partial charge in [0.2, 0.25) is 0 Å². The predicted octanol–water partition coefficient (Wildman–Crippen LogP) is 7.59. The molecule has 1 aromatic heterocycles. The molecule has 4 rings (SSSR count). The Balaban J connectivity index is 1.88. The van der Waals surface area contributed by atoms with Crippen molar-refractivity contribution in [2.45, 2.75) is 20.4 Å². The molecule has 1 heterocycles. The van der Waals surface area contributed by atoms with Crippen molar-refractivity contribution < 1.29 is 4.79 Å². The van der Waals surface area contributed by atoms with Crippen LogP contribution in [0.15, 0.2) is 60.7 Å². The first-order chi connectivity index (χ1) is 14.3. The summed E-state index contributed by atoms with van der Waals surface area (Å²) in [4.78, 5) is 18.8. The fraction of sp³-hybridized carbons (Fsp3) is 0.125. The highest BCUT2D eigenvalue weighted by Crippen LogP contribution is 2.33. The highest BCUT2D eigenvalue weighted by atomic mass is 35.5. The van der Waals surface area contributed by atoms with Gasteiger partial charge < -0.3 is 9.88 Å². The zero-order valence-electron chi connectivity index (χ0n) is 16.5. The van der Waals surface area contributed by atoms with Crippen LogP contribution in [0.25, 0.3) is 10.9 Å². The molecule has 0 fully saturated rings. The van der Waals surface area contributed by atoms with Gasteiger partial charge in [0.25, 0.3) is 5.91 Å². The summed E-state index contributed by atoms with van der Waals surface area (Å²) in [6, 6.07) is 18.3. The molecular formula is C24H19Cl3N2O. The number of para-hydroxylation sites is 1. The SMILES string of the molecule is Cc1[nH]c2c(N(Cc3cccc(Cl)c3)C(=O)c3ccc(Cl)cc3Cl)cccc2c1C. The minimum Gasteiger partial charge on any atom is -0.357 e. The van der Waals surface area contributed by atoms with Crippen LogP contribution in [0.1, 0.15) is 27.2 Å². The van der Waals surface area contributed by atoms with Crippen molar-refractivity contribution in [1.82, 2.24) is 4.98 Å². The lowest BCUT2D eigenvalue weighted by atomic mass is 10.1. The largest absolute Gasteiger partial charge is 0.357 e. The van der Waals surface area contributed by atoms with Crippen LogP contribution >= 0.6 is 34.8 Å². The first-order valence-electron chi connectivity index (χ1n) is 9.44. The Morgan fingerprint density at radius 2 is 1.67 bits per heavy atom. The van der Waals surface area contributed by atoms with E-state index < -0.39 is 0 Å². The number of hydrogen-bond acceptors (Lipinski definition) is 1. The molecule has 0 atom stereocenters. The summed E-state index contributed by atoms with van der Waals surface area (Å²) in [5, 5.41) is 2.50. The van der Waals surface area contributed by atoms with E-state index in [1.807, 2.05) is 43.3 Å². The van der Waals surface area contributed by atoms with Gasteiger partial charge in [-0.15, -0.1) is 0 Å². The molecule has 0 aliphatic rings. The Labute approximate surface area is 190 Å². The maximum absolute atomic E-state index is 13.7. The number of H-pyrrole nitrogens is 1. The maximum atomic E-state index is 13.7. The fourth-order valence-electron chi connectivity index (χ4n) is 3.58. The summed E-state index contributed by atoms with van der Waals surface area (Å²) in [6.45, 7) is 4.43. The standard InChI is InChI=1S/C24H19Cl3N2O/c1-14-15(2)28-23-19(14)7-4-8-22(23)29(13-16-5-3-6-17(25)11-16)24(30)20-10-9-18(26)12-21(20)27/h3-12,28H,13H2,1-2H3. The number of aromatic nitrogens is 1. The molecule has 3 nitrogen and oxygen atoms in total. The normalized spacial score (nSPS) is 11.1. The van der Waals surface area contributed by atoms with Gasteiger partial charge in [-0.1, -0.05) is 59.1 Å². The molecule has 0 bridgehead atoms. The molecule has 6 heteroatoms. The number of halogens is 3. The highest BCUT2D eigenvalue weighted by molar-refractivity contribution is 6.37. The molecule has 4 aromatic rings. The van der Waals surface area contributed by atoms with Gasteiger partial charge >= 0.3 is 0 Å². The lowest BCUT2D eigenvalue weighted by Crippen LogP contribution is -2.31. The third kappa shape index (κ3) is 3.93. The molecule has 0 aliphatic heterocycles. The van der Waals surface area contributed by atoms with Crippen molar-refractivity contribution in [2.24, 2.45) is 0 Å². The van der Waals surface area contributed by atoms with E-state index in [0.717, 1.165) is 33.4 Å². The summed E-state index contributed by atoms with van der Waals surface area (Å²) in [7, 11) is 0. The number of hydrogen-bond donors (Lipinski definition) is 1. The van der Waals surface area contributed by atoms with Gasteiger partial charge in [-0.3, -0.25) is 4.79 Å². The van der Waals surface area contributed by atoms with Gasteiger partial charge in [0.1, 0.15) is 0 Å². The summed E-state index contributed by atoms with van der Waals surface area (Å²) in [5.74, 6) is -0.214. The van der Waals surface area contributed by atoms with Crippen LogP contribution in [0.3, 0.4) is 0 Å². The molecule has 3 aromatic carbocycles. The number of carbonyl (C=O) groups excluding carboxylic acids is 1. The number of nitrogens with one attached hydrogen (secondary N) is 1. The Morgan fingerprint density at radius 3 is 2.40 bits per heavy atom. The average molecular weight is 458 g/mol. The minimum absolute atomic E-state index is 0.214. The molecule has 1 amide bonds. The Morgan fingerprint density at radius 1 is 0.933 bits per heavy atom. The lowest BCUT2D eigenvalue weighted by molar-refractivity contribution is 0.0985. The predicted molar refractivity (Wildman–Crippen MR) is 126 cm³/mol. The van der Waals surface area contributed by atoms with Crippen molar-refractivity contribution in [3.63, 3.8) is 0 Å². The van der Waals surface area contributed by atoms with E-state index in [1.54, 1.807) is 23.1 Å². The van der Waals surface area contributed by atoms with E-state index in [9.17, 15) is 4.79 Å². The van der Waals surface area contributed by atoms with E-state index in [4.69, 9.17) is 34.8 Å². The lowest BCUT2D eigenvalue weighted by Gasteiger charge is -2.24. The maximum Gasteiger partial charge on any atom is 0.260 e. The number of aryl methyl sites for hydroxylation is 2. The second kappa shape index (κ2) is 8.35. The zero-order valence-corrected chi connectivity index (χ0v) is 18.7. The third-order valence-corrected chi connectivity index (χ3v) is 6.03. The van der Waals surface area contributed by atoms with Crippen LogP contribution in [-0.2, 0) is 6.54 Å². The van der Waals surface area contributed by atoms with Crippen LogP contribution in [0.5, 0.6) is 0 Å². The van der Waals surface area contributed by atoms with Gasteiger partial charge in [-0.05, 0) is 61.4 Å². The molecule has 0 aliphatic carbocycles. The van der Waals surface area contributed by atoms with E-state index in [-0.39, 0.29) is 5.91 Å². The molecule has 0 spiro atoms. The highest BCUT2D eigenvalue weighted by Gasteiger charge is 2.23. The molecule has 0 radical (unpaired) electrons. The van der Waals surface area contributed by atoms with Crippen LogP contribution in [0.2, 0.25) is 15.1 Å². The first-order valence-corrected chi connectivity index (χ1v) is 10.6. The second-order valence-electron chi connectivity index (χ2n) is 7.22. The first kappa shape index (κ1) is 20.8. The Hall–Kier alpha value is -2.46. The number of nitrogens with zero attached hydrogens (tertiary/aromatic N) is 1. The van der Waals surface area contributed by atoms with Crippen molar-refractivity contribution in [1.29, 1.82) is 0 Å². The monoisotopic (exact) mass is 456 g/mol. The van der Waals surface area contributed by atoms with Crippen LogP contribution in [-0.4, -0.2) is 10.9 Å². The van der Waals surface area contributed by atoms with E-state index in [2.05, 4.69) is 18.0 Å². The van der Waals surface area contributed by atoms with Gasteiger partial charge in [-0.2, -0.15) is 0 Å². The van der Waals surface area contributed by atoms with Crippen LogP contribution in [0, 0.1) is 13.8 Å². The Bertz CT molecular complexity index is 1260. The van der Waals surface area contributed by atoms with Crippen LogP contribution in [0.4, 0.5) is 5.69 Å². The number of fused-ring (bicyclic) bond motifs is 1. The minimum atomic E-state index is -0.214. The van der Waals surface area contributed by atoms with E-state index >= 15 is 0 Å². The quantitative estimate of drug-likeness (QED) is 0.336.